The molecular formula is C26H25ClN8O2. The van der Waals surface area contributed by atoms with Crippen molar-refractivity contribution in [1.29, 1.82) is 0 Å². The minimum absolute atomic E-state index is 0.272. The molecule has 0 aliphatic carbocycles. The zero-order valence-electron chi connectivity index (χ0n) is 19.8. The monoisotopic (exact) mass is 516 g/mol. The third-order valence-electron chi connectivity index (χ3n) is 5.58. The van der Waals surface area contributed by atoms with Crippen LogP contribution in [-0.4, -0.2) is 49.9 Å². The SMILES string of the molecule is O=C(Nc1ccc(NC2=NCCN2)cc1)c1cc(Cl)cc(C(=O)Nc2ccc(NC3=NCCN3)cc2)c1. The topological polar surface area (TPSA) is 131 Å². The van der Waals surface area contributed by atoms with Gasteiger partial charge in [0.15, 0.2) is 11.9 Å². The molecule has 6 N–H and O–H groups in total. The number of anilines is 4. The Morgan fingerprint density at radius 3 is 1.43 bits per heavy atom. The minimum Gasteiger partial charge on any atom is -0.354 e. The molecule has 0 atom stereocenters. The summed E-state index contributed by atoms with van der Waals surface area (Å²) in [6, 6.07) is 19.0. The van der Waals surface area contributed by atoms with Crippen LogP contribution >= 0.6 is 11.6 Å². The Morgan fingerprint density at radius 2 is 1.05 bits per heavy atom. The molecule has 3 aromatic carbocycles. The van der Waals surface area contributed by atoms with Crippen LogP contribution in [0, 0.1) is 0 Å². The smallest absolute Gasteiger partial charge is 0.255 e. The first-order valence-corrected chi connectivity index (χ1v) is 12.1. The van der Waals surface area contributed by atoms with Crippen molar-refractivity contribution in [3.05, 3.63) is 82.9 Å². The Bertz CT molecular complexity index is 1270. The second-order valence-electron chi connectivity index (χ2n) is 8.36. The number of aliphatic imine (C=N–C) groups is 2. The van der Waals surface area contributed by atoms with Gasteiger partial charge < -0.3 is 31.9 Å². The van der Waals surface area contributed by atoms with Crippen LogP contribution in [0.5, 0.6) is 0 Å². The summed E-state index contributed by atoms with van der Waals surface area (Å²) in [6.07, 6.45) is 0. The molecule has 0 unspecified atom stereocenters. The number of benzene rings is 3. The number of halogens is 1. The standard InChI is InChI=1S/C26H25ClN8O2/c27-18-14-16(23(36)32-19-1-5-21(6-2-19)34-25-28-9-10-29-25)13-17(15-18)24(37)33-20-3-7-22(8-4-20)35-26-30-11-12-31-26/h1-8,13-15H,9-12H2,(H,32,36)(H,33,37)(H2,28,29,34)(H2,30,31,35). The molecule has 2 aliphatic rings. The predicted molar refractivity (Wildman–Crippen MR) is 148 cm³/mol. The molecule has 3 aromatic rings. The maximum absolute atomic E-state index is 12.9. The third kappa shape index (κ3) is 6.36. The molecule has 188 valence electrons. The van der Waals surface area contributed by atoms with E-state index in [0.717, 1.165) is 49.5 Å². The Balaban J connectivity index is 1.21. The van der Waals surface area contributed by atoms with Gasteiger partial charge in [-0.3, -0.25) is 19.6 Å². The first-order valence-electron chi connectivity index (χ1n) is 11.8. The molecule has 0 radical (unpaired) electrons. The molecule has 2 heterocycles. The van der Waals surface area contributed by atoms with Gasteiger partial charge in [0.2, 0.25) is 0 Å². The van der Waals surface area contributed by atoms with Gasteiger partial charge in [-0.05, 0) is 66.7 Å². The van der Waals surface area contributed by atoms with Crippen LogP contribution in [0.15, 0.2) is 76.7 Å². The summed E-state index contributed by atoms with van der Waals surface area (Å²) in [5.74, 6) is 0.701. The van der Waals surface area contributed by atoms with E-state index in [4.69, 9.17) is 11.6 Å². The Morgan fingerprint density at radius 1 is 0.649 bits per heavy atom. The van der Waals surface area contributed by atoms with E-state index in [1.807, 2.05) is 24.3 Å². The average Bonchev–Trinajstić information content (AvgIpc) is 3.61. The lowest BCUT2D eigenvalue weighted by Crippen LogP contribution is -2.26. The second-order valence-corrected chi connectivity index (χ2v) is 8.79. The fraction of sp³-hybridized carbons (Fsp3) is 0.154. The summed E-state index contributed by atoms with van der Waals surface area (Å²) < 4.78 is 0. The van der Waals surface area contributed by atoms with Gasteiger partial charge in [0, 0.05) is 52.0 Å². The first kappa shape index (κ1) is 24.1. The van der Waals surface area contributed by atoms with Gasteiger partial charge in [-0.15, -0.1) is 0 Å². The Labute approximate surface area is 218 Å². The molecule has 2 amide bonds. The fourth-order valence-corrected chi connectivity index (χ4v) is 4.00. The van der Waals surface area contributed by atoms with E-state index in [9.17, 15) is 9.59 Å². The van der Waals surface area contributed by atoms with Crippen molar-refractivity contribution in [1.82, 2.24) is 10.6 Å². The highest BCUT2D eigenvalue weighted by molar-refractivity contribution is 6.31. The summed E-state index contributed by atoms with van der Waals surface area (Å²) in [5.41, 5.74) is 3.45. The van der Waals surface area contributed by atoms with Crippen molar-refractivity contribution in [2.75, 3.05) is 47.4 Å². The van der Waals surface area contributed by atoms with Crippen molar-refractivity contribution in [3.63, 3.8) is 0 Å². The number of nitrogens with zero attached hydrogens (tertiary/aromatic N) is 2. The minimum atomic E-state index is -0.377. The van der Waals surface area contributed by atoms with E-state index < -0.39 is 0 Å². The Kier molecular flexibility index (Phi) is 7.18. The van der Waals surface area contributed by atoms with Gasteiger partial charge >= 0.3 is 0 Å². The molecule has 0 bridgehead atoms. The summed E-state index contributed by atoms with van der Waals surface area (Å²) in [7, 11) is 0. The normalized spacial score (nSPS) is 14.1. The lowest BCUT2D eigenvalue weighted by atomic mass is 10.1. The van der Waals surface area contributed by atoms with E-state index in [1.165, 1.54) is 18.2 Å². The van der Waals surface area contributed by atoms with Crippen molar-refractivity contribution < 1.29 is 9.59 Å². The van der Waals surface area contributed by atoms with E-state index in [0.29, 0.717) is 11.4 Å². The van der Waals surface area contributed by atoms with E-state index in [2.05, 4.69) is 41.9 Å². The number of carbonyl (C=O) groups excluding carboxylic acids is 2. The van der Waals surface area contributed by atoms with Gasteiger partial charge in [0.1, 0.15) is 0 Å². The predicted octanol–water partition coefficient (Wildman–Crippen LogP) is 3.59. The van der Waals surface area contributed by atoms with Gasteiger partial charge in [0.25, 0.3) is 11.8 Å². The molecule has 0 spiro atoms. The van der Waals surface area contributed by atoms with Crippen LogP contribution < -0.4 is 31.9 Å². The van der Waals surface area contributed by atoms with Gasteiger partial charge in [-0.2, -0.15) is 0 Å². The van der Waals surface area contributed by atoms with Crippen LogP contribution in [0.1, 0.15) is 20.7 Å². The maximum Gasteiger partial charge on any atom is 0.255 e. The lowest BCUT2D eigenvalue weighted by Gasteiger charge is -2.11. The third-order valence-corrected chi connectivity index (χ3v) is 5.80. The van der Waals surface area contributed by atoms with Crippen molar-refractivity contribution >= 4 is 58.1 Å². The number of amides is 2. The molecule has 37 heavy (non-hydrogen) atoms. The molecule has 0 fully saturated rings. The second kappa shape index (κ2) is 11.0. The quantitative estimate of drug-likeness (QED) is 0.297. The van der Waals surface area contributed by atoms with E-state index in [1.54, 1.807) is 24.3 Å². The highest BCUT2D eigenvalue weighted by Crippen LogP contribution is 2.20. The van der Waals surface area contributed by atoms with Crippen molar-refractivity contribution in [3.8, 4) is 0 Å². The molecule has 10 nitrogen and oxygen atoms in total. The first-order chi connectivity index (χ1) is 18.0. The molecule has 11 heteroatoms. The summed E-state index contributed by atoms with van der Waals surface area (Å²) >= 11 is 6.24. The van der Waals surface area contributed by atoms with Crippen molar-refractivity contribution in [2.24, 2.45) is 9.98 Å². The van der Waals surface area contributed by atoms with Crippen LogP contribution in [0.4, 0.5) is 22.7 Å². The number of hydrogen-bond donors (Lipinski definition) is 6. The van der Waals surface area contributed by atoms with Gasteiger partial charge in [0.05, 0.1) is 13.1 Å². The molecule has 2 aliphatic heterocycles. The van der Waals surface area contributed by atoms with Crippen LogP contribution in [0.2, 0.25) is 5.02 Å². The molecule has 0 saturated carbocycles. The van der Waals surface area contributed by atoms with E-state index in [-0.39, 0.29) is 28.0 Å². The molecular weight excluding hydrogens is 492 g/mol. The van der Waals surface area contributed by atoms with Crippen LogP contribution in [0.3, 0.4) is 0 Å². The molecule has 5 rings (SSSR count). The zero-order chi connectivity index (χ0) is 25.6. The highest BCUT2D eigenvalue weighted by Gasteiger charge is 2.14. The van der Waals surface area contributed by atoms with Gasteiger partial charge in [-0.1, -0.05) is 11.6 Å². The Hall–Kier alpha value is -4.57. The lowest BCUT2D eigenvalue weighted by molar-refractivity contribution is 0.102. The number of carbonyl (C=O) groups is 2. The average molecular weight is 517 g/mol. The fourth-order valence-electron chi connectivity index (χ4n) is 3.77. The summed E-state index contributed by atoms with van der Waals surface area (Å²) in [4.78, 5) is 34.3. The maximum atomic E-state index is 12.9. The van der Waals surface area contributed by atoms with Crippen LogP contribution in [-0.2, 0) is 0 Å². The van der Waals surface area contributed by atoms with Crippen LogP contribution in [0.25, 0.3) is 0 Å². The van der Waals surface area contributed by atoms with Crippen molar-refractivity contribution in [2.45, 2.75) is 0 Å². The summed E-state index contributed by atoms with van der Waals surface area (Å²) in [6.45, 7) is 3.12. The molecule has 0 saturated heterocycles. The van der Waals surface area contributed by atoms with E-state index >= 15 is 0 Å². The molecule has 0 aromatic heterocycles. The summed E-state index contributed by atoms with van der Waals surface area (Å²) in [5, 5.41) is 18.6. The number of rotatable bonds is 6. The number of guanidine groups is 2. The highest BCUT2D eigenvalue weighted by atomic mass is 35.5. The van der Waals surface area contributed by atoms with Gasteiger partial charge in [-0.25, -0.2) is 0 Å². The number of nitrogens with one attached hydrogen (secondary N) is 6. The largest absolute Gasteiger partial charge is 0.354 e. The number of hydrogen-bond acceptors (Lipinski definition) is 8. The zero-order valence-corrected chi connectivity index (χ0v) is 20.5.